The van der Waals surface area contributed by atoms with E-state index in [-0.39, 0.29) is 18.9 Å². The van der Waals surface area contributed by atoms with Crippen molar-refractivity contribution in [3.8, 4) is 11.1 Å². The summed E-state index contributed by atoms with van der Waals surface area (Å²) in [6.45, 7) is 0.145. The molecule has 2 N–H and O–H groups in total. The molecular formula is C26H25NO5. The summed E-state index contributed by atoms with van der Waals surface area (Å²) in [6, 6.07) is 24.5. The van der Waals surface area contributed by atoms with E-state index in [4.69, 9.17) is 4.74 Å². The molecule has 0 aliphatic heterocycles. The molecule has 0 bridgehead atoms. The van der Waals surface area contributed by atoms with Crippen LogP contribution in [-0.4, -0.2) is 43.0 Å². The van der Waals surface area contributed by atoms with Gasteiger partial charge in [-0.2, -0.15) is 0 Å². The van der Waals surface area contributed by atoms with Crippen molar-refractivity contribution in [3.63, 3.8) is 0 Å². The van der Waals surface area contributed by atoms with E-state index in [1.54, 1.807) is 0 Å². The molecule has 1 aliphatic carbocycles. The van der Waals surface area contributed by atoms with Crippen molar-refractivity contribution in [1.82, 2.24) is 5.32 Å². The number of aliphatic hydroxyl groups is 1. The summed E-state index contributed by atoms with van der Waals surface area (Å²) in [5.74, 6) is -0.892. The van der Waals surface area contributed by atoms with Crippen LogP contribution in [0.5, 0.6) is 0 Å². The minimum Gasteiger partial charge on any atom is -0.467 e. The molecule has 6 nitrogen and oxygen atoms in total. The predicted molar refractivity (Wildman–Crippen MR) is 120 cm³/mol. The number of methoxy groups -OCH3 is 1. The fourth-order valence-electron chi connectivity index (χ4n) is 4.19. The van der Waals surface area contributed by atoms with Gasteiger partial charge in [0.05, 0.1) is 13.2 Å². The number of carbonyl (C=O) groups excluding carboxylic acids is 2. The number of alkyl carbamates (subject to hydrolysis) is 1. The van der Waals surface area contributed by atoms with Crippen LogP contribution in [-0.2, 0) is 20.7 Å². The summed E-state index contributed by atoms with van der Waals surface area (Å²) in [5.41, 5.74) is 5.36. The molecule has 3 aromatic carbocycles. The molecule has 6 heteroatoms. The van der Waals surface area contributed by atoms with E-state index in [0.717, 1.165) is 27.8 Å². The Morgan fingerprint density at radius 1 is 0.906 bits per heavy atom. The number of hydrogen-bond acceptors (Lipinski definition) is 5. The van der Waals surface area contributed by atoms with Crippen molar-refractivity contribution in [2.24, 2.45) is 0 Å². The van der Waals surface area contributed by atoms with E-state index in [2.05, 4.69) is 22.2 Å². The lowest BCUT2D eigenvalue weighted by atomic mass is 9.98. The number of ether oxygens (including phenoxy) is 2. The first kappa shape index (κ1) is 21.6. The number of hydrogen-bond donors (Lipinski definition) is 2. The van der Waals surface area contributed by atoms with Crippen LogP contribution >= 0.6 is 0 Å². The number of amides is 1. The molecule has 32 heavy (non-hydrogen) atoms. The molecule has 0 aromatic heterocycles. The molecule has 0 radical (unpaired) electrons. The van der Waals surface area contributed by atoms with Crippen LogP contribution in [0.1, 0.15) is 22.6 Å². The molecular weight excluding hydrogens is 406 g/mol. The van der Waals surface area contributed by atoms with Gasteiger partial charge in [-0.15, -0.1) is 0 Å². The number of fused-ring (bicyclic) bond motifs is 3. The van der Waals surface area contributed by atoms with Gasteiger partial charge >= 0.3 is 12.1 Å². The van der Waals surface area contributed by atoms with E-state index in [1.165, 1.54) is 7.11 Å². The van der Waals surface area contributed by atoms with E-state index < -0.39 is 24.2 Å². The van der Waals surface area contributed by atoms with Crippen LogP contribution in [0.3, 0.4) is 0 Å². The summed E-state index contributed by atoms with van der Waals surface area (Å²) in [7, 11) is 1.19. The smallest absolute Gasteiger partial charge is 0.407 e. The van der Waals surface area contributed by atoms with Crippen LogP contribution in [0.4, 0.5) is 4.79 Å². The highest BCUT2D eigenvalue weighted by atomic mass is 16.6. The number of nitrogens with one attached hydrogen (secondary N) is 1. The average Bonchev–Trinajstić information content (AvgIpc) is 3.15. The molecule has 1 amide bonds. The summed E-state index contributed by atoms with van der Waals surface area (Å²) in [5, 5.41) is 13.0. The topological polar surface area (TPSA) is 84.9 Å². The largest absolute Gasteiger partial charge is 0.467 e. The molecule has 4 rings (SSSR count). The van der Waals surface area contributed by atoms with Gasteiger partial charge in [-0.05, 0) is 34.2 Å². The van der Waals surface area contributed by atoms with Crippen LogP contribution in [0.15, 0.2) is 78.9 Å². The second-order valence-corrected chi connectivity index (χ2v) is 7.73. The maximum Gasteiger partial charge on any atom is 0.407 e. The Balaban J connectivity index is 1.46. The highest BCUT2D eigenvalue weighted by molar-refractivity contribution is 5.79. The van der Waals surface area contributed by atoms with E-state index in [9.17, 15) is 14.7 Å². The molecule has 0 fully saturated rings. The minimum atomic E-state index is -1.51. The lowest BCUT2D eigenvalue weighted by molar-refractivity contribution is -0.151. The Labute approximate surface area is 186 Å². The van der Waals surface area contributed by atoms with Gasteiger partial charge in [0.2, 0.25) is 0 Å². The molecule has 2 atom stereocenters. The van der Waals surface area contributed by atoms with Crippen molar-refractivity contribution < 1.29 is 24.2 Å². The number of rotatable bonds is 7. The van der Waals surface area contributed by atoms with Gasteiger partial charge in [0.25, 0.3) is 0 Å². The van der Waals surface area contributed by atoms with E-state index >= 15 is 0 Å². The zero-order valence-corrected chi connectivity index (χ0v) is 17.7. The first-order chi connectivity index (χ1) is 15.6. The standard InChI is InChI=1S/C26H25NO5/c1-31-25(29)24(28)23(15-17-9-3-2-4-10-17)27-26(30)32-16-22-20-13-7-5-11-18(20)19-12-6-8-14-21(19)22/h2-14,22-24,28H,15-16H2,1H3,(H,27,30)/t23-,24+/m1/s1. The summed E-state index contributed by atoms with van der Waals surface area (Å²) in [4.78, 5) is 24.5. The van der Waals surface area contributed by atoms with Gasteiger partial charge in [-0.1, -0.05) is 78.9 Å². The van der Waals surface area contributed by atoms with E-state index in [0.29, 0.717) is 0 Å². The van der Waals surface area contributed by atoms with Crippen LogP contribution in [0.25, 0.3) is 11.1 Å². The second kappa shape index (κ2) is 9.66. The van der Waals surface area contributed by atoms with Gasteiger partial charge in [0, 0.05) is 5.92 Å². The molecule has 0 saturated carbocycles. The predicted octanol–water partition coefficient (Wildman–Crippen LogP) is 3.67. The van der Waals surface area contributed by atoms with Gasteiger partial charge in [0.1, 0.15) is 6.61 Å². The summed E-state index contributed by atoms with van der Waals surface area (Å²) >= 11 is 0. The van der Waals surface area contributed by atoms with Crippen molar-refractivity contribution >= 4 is 12.1 Å². The first-order valence-corrected chi connectivity index (χ1v) is 10.5. The lowest BCUT2D eigenvalue weighted by Gasteiger charge is -2.23. The van der Waals surface area contributed by atoms with Crippen molar-refractivity contribution in [3.05, 3.63) is 95.6 Å². The van der Waals surface area contributed by atoms with Gasteiger partial charge in [-0.25, -0.2) is 9.59 Å². The second-order valence-electron chi connectivity index (χ2n) is 7.73. The molecule has 0 unspecified atom stereocenters. The zero-order chi connectivity index (χ0) is 22.5. The quantitative estimate of drug-likeness (QED) is 0.558. The number of aliphatic hydroxyl groups excluding tert-OH is 1. The minimum absolute atomic E-state index is 0.0775. The fourth-order valence-corrected chi connectivity index (χ4v) is 4.19. The highest BCUT2D eigenvalue weighted by Gasteiger charge is 2.31. The van der Waals surface area contributed by atoms with Gasteiger partial charge < -0.3 is 19.9 Å². The zero-order valence-electron chi connectivity index (χ0n) is 17.7. The van der Waals surface area contributed by atoms with Gasteiger partial charge in [0.15, 0.2) is 6.10 Å². The average molecular weight is 431 g/mol. The maximum absolute atomic E-state index is 12.6. The lowest BCUT2D eigenvalue weighted by Crippen LogP contribution is -2.49. The number of benzene rings is 3. The Morgan fingerprint density at radius 3 is 2.06 bits per heavy atom. The maximum atomic E-state index is 12.6. The van der Waals surface area contributed by atoms with Gasteiger partial charge in [-0.3, -0.25) is 0 Å². The molecule has 0 saturated heterocycles. The Bertz CT molecular complexity index is 1050. The molecule has 164 valence electrons. The van der Waals surface area contributed by atoms with Crippen LogP contribution < -0.4 is 5.32 Å². The van der Waals surface area contributed by atoms with Crippen LogP contribution in [0, 0.1) is 0 Å². The number of esters is 1. The summed E-state index contributed by atoms with van der Waals surface area (Å²) in [6.07, 6.45) is -1.96. The Hall–Kier alpha value is -3.64. The third-order valence-electron chi connectivity index (χ3n) is 5.77. The van der Waals surface area contributed by atoms with Crippen LogP contribution in [0.2, 0.25) is 0 Å². The monoisotopic (exact) mass is 431 g/mol. The molecule has 0 heterocycles. The normalized spacial score (nSPS) is 14.1. The third kappa shape index (κ3) is 4.50. The highest BCUT2D eigenvalue weighted by Crippen LogP contribution is 2.44. The number of carbonyl (C=O) groups is 2. The SMILES string of the molecule is COC(=O)[C@@H](O)[C@@H](Cc1ccccc1)NC(=O)OCC1c2ccccc2-c2ccccc21. The van der Waals surface area contributed by atoms with Crippen molar-refractivity contribution in [2.45, 2.75) is 24.5 Å². The Morgan fingerprint density at radius 2 is 1.47 bits per heavy atom. The molecule has 1 aliphatic rings. The molecule has 0 spiro atoms. The third-order valence-corrected chi connectivity index (χ3v) is 5.77. The van der Waals surface area contributed by atoms with E-state index in [1.807, 2.05) is 66.7 Å². The summed E-state index contributed by atoms with van der Waals surface area (Å²) < 4.78 is 10.2. The van der Waals surface area contributed by atoms with Crippen molar-refractivity contribution in [1.29, 1.82) is 0 Å². The fraction of sp³-hybridized carbons (Fsp3) is 0.231. The van der Waals surface area contributed by atoms with Crippen molar-refractivity contribution in [2.75, 3.05) is 13.7 Å². The first-order valence-electron chi connectivity index (χ1n) is 10.5. The Kier molecular flexibility index (Phi) is 6.52. The molecule has 3 aromatic rings.